The number of ether oxygens (including phenoxy) is 2. The molecule has 0 N–H and O–H groups in total. The Balaban J connectivity index is 2.27. The summed E-state index contributed by atoms with van der Waals surface area (Å²) in [5.74, 6) is 1.50. The maximum Gasteiger partial charge on any atom is 0.494 e. The molecule has 0 saturated carbocycles. The van der Waals surface area contributed by atoms with E-state index in [2.05, 4.69) is 34.6 Å². The van der Waals surface area contributed by atoms with Crippen molar-refractivity contribution in [3.8, 4) is 11.5 Å². The Hall–Kier alpha value is -1.20. The fourth-order valence-corrected chi connectivity index (χ4v) is 2.33. The summed E-state index contributed by atoms with van der Waals surface area (Å²) in [6, 6.07) is 5.89. The van der Waals surface area contributed by atoms with Gasteiger partial charge in [0.15, 0.2) is 11.5 Å². The summed E-state index contributed by atoms with van der Waals surface area (Å²) in [5, 5.41) is 0. The van der Waals surface area contributed by atoms with Crippen LogP contribution in [-0.4, -0.2) is 31.0 Å². The van der Waals surface area contributed by atoms with E-state index in [0.717, 1.165) is 23.4 Å². The number of hydrogen-bond acceptors (Lipinski definition) is 4. The highest BCUT2D eigenvalue weighted by atomic mass is 16.7. The van der Waals surface area contributed by atoms with Gasteiger partial charge in [-0.15, -0.1) is 0 Å². The lowest BCUT2D eigenvalue weighted by atomic mass is 9.79. The van der Waals surface area contributed by atoms with Crippen molar-refractivity contribution in [1.29, 1.82) is 0 Å². The molecule has 1 aromatic carbocycles. The highest BCUT2D eigenvalue weighted by Crippen LogP contribution is 2.37. The van der Waals surface area contributed by atoms with E-state index in [1.807, 2.05) is 32.0 Å². The van der Waals surface area contributed by atoms with Crippen LogP contribution in [0.1, 0.15) is 54.9 Å². The molecule has 0 unspecified atom stereocenters. The van der Waals surface area contributed by atoms with Gasteiger partial charge in [-0.2, -0.15) is 0 Å². The van der Waals surface area contributed by atoms with Crippen molar-refractivity contribution in [2.45, 2.75) is 72.2 Å². The first-order valence-electron chi connectivity index (χ1n) is 8.45. The molecule has 2 rings (SSSR count). The summed E-state index contributed by atoms with van der Waals surface area (Å²) in [4.78, 5) is 0. The quantitative estimate of drug-likeness (QED) is 0.751. The highest BCUT2D eigenvalue weighted by molar-refractivity contribution is 6.62. The molecule has 1 aromatic rings. The molecule has 5 heteroatoms. The Morgan fingerprint density at radius 2 is 1.65 bits per heavy atom. The van der Waals surface area contributed by atoms with Gasteiger partial charge in [-0.25, -0.2) is 0 Å². The van der Waals surface area contributed by atoms with Gasteiger partial charge in [-0.1, -0.05) is 13.0 Å². The first kappa shape index (κ1) is 18.1. The molecule has 0 atom stereocenters. The van der Waals surface area contributed by atoms with E-state index in [0.29, 0.717) is 6.61 Å². The average Bonchev–Trinajstić information content (AvgIpc) is 2.65. The minimum atomic E-state index is -0.392. The zero-order valence-corrected chi connectivity index (χ0v) is 15.4. The van der Waals surface area contributed by atoms with Crippen molar-refractivity contribution in [2.75, 3.05) is 6.61 Å². The summed E-state index contributed by atoms with van der Waals surface area (Å²) in [5.41, 5.74) is 0.246. The van der Waals surface area contributed by atoms with Crippen molar-refractivity contribution in [2.24, 2.45) is 0 Å². The van der Waals surface area contributed by atoms with Gasteiger partial charge in [-0.3, -0.25) is 0 Å². The Morgan fingerprint density at radius 3 is 2.17 bits per heavy atom. The minimum Gasteiger partial charge on any atom is -0.490 e. The summed E-state index contributed by atoms with van der Waals surface area (Å²) in [6.07, 6.45) is 1.05. The lowest BCUT2D eigenvalue weighted by Crippen LogP contribution is -2.41. The highest BCUT2D eigenvalue weighted by Gasteiger charge is 2.51. The Kier molecular flexibility index (Phi) is 5.32. The van der Waals surface area contributed by atoms with Crippen LogP contribution in [0.15, 0.2) is 18.2 Å². The molecule has 1 fully saturated rings. The first-order valence-corrected chi connectivity index (χ1v) is 8.45. The smallest absolute Gasteiger partial charge is 0.490 e. The predicted octanol–water partition coefficient (Wildman–Crippen LogP) is 3.56. The lowest BCUT2D eigenvalue weighted by Gasteiger charge is -2.32. The maximum absolute atomic E-state index is 6.11. The van der Waals surface area contributed by atoms with Crippen LogP contribution >= 0.6 is 0 Å². The van der Waals surface area contributed by atoms with Crippen LogP contribution in [0.3, 0.4) is 0 Å². The normalized spacial score (nSPS) is 19.2. The van der Waals surface area contributed by atoms with Crippen LogP contribution in [0.25, 0.3) is 0 Å². The van der Waals surface area contributed by atoms with Gasteiger partial charge in [0.2, 0.25) is 0 Å². The fraction of sp³-hybridized carbons (Fsp3) is 0.667. The van der Waals surface area contributed by atoms with Gasteiger partial charge in [-0.05, 0) is 65.6 Å². The van der Waals surface area contributed by atoms with Crippen molar-refractivity contribution in [3.63, 3.8) is 0 Å². The van der Waals surface area contributed by atoms with E-state index in [-0.39, 0.29) is 17.3 Å². The maximum atomic E-state index is 6.11. The van der Waals surface area contributed by atoms with Gasteiger partial charge >= 0.3 is 7.12 Å². The van der Waals surface area contributed by atoms with E-state index >= 15 is 0 Å². The summed E-state index contributed by atoms with van der Waals surface area (Å²) in [7, 11) is -0.392. The topological polar surface area (TPSA) is 36.9 Å². The average molecular weight is 320 g/mol. The summed E-state index contributed by atoms with van der Waals surface area (Å²) >= 11 is 0. The predicted molar refractivity (Wildman–Crippen MR) is 93.7 cm³/mol. The third kappa shape index (κ3) is 4.02. The molecule has 0 bridgehead atoms. The van der Waals surface area contributed by atoms with Crippen molar-refractivity contribution in [3.05, 3.63) is 18.2 Å². The SMILES string of the molecule is CCCOc1cc(B2OC(C)(C)C(C)(C)O2)ccc1OC(C)C. The van der Waals surface area contributed by atoms with Gasteiger partial charge in [0, 0.05) is 0 Å². The standard InChI is InChI=1S/C18H29BO4/c1-8-11-20-16-12-14(9-10-15(16)21-13(2)3)19-22-17(4,5)18(6,7)23-19/h9-10,12-13H,8,11H2,1-7H3. The van der Waals surface area contributed by atoms with Crippen LogP contribution in [-0.2, 0) is 9.31 Å². The fourth-order valence-electron chi connectivity index (χ4n) is 2.33. The molecule has 0 aromatic heterocycles. The minimum absolute atomic E-state index is 0.0988. The molecular weight excluding hydrogens is 291 g/mol. The summed E-state index contributed by atoms with van der Waals surface area (Å²) in [6.45, 7) is 15.0. The van der Waals surface area contributed by atoms with Crippen LogP contribution in [0.4, 0.5) is 0 Å². The molecule has 0 radical (unpaired) electrons. The second-order valence-corrected chi connectivity index (χ2v) is 7.31. The van der Waals surface area contributed by atoms with E-state index in [9.17, 15) is 0 Å². The zero-order chi connectivity index (χ0) is 17.3. The Morgan fingerprint density at radius 1 is 1.04 bits per heavy atom. The van der Waals surface area contributed by atoms with Gasteiger partial charge in [0.05, 0.1) is 23.9 Å². The third-order valence-corrected chi connectivity index (χ3v) is 4.32. The van der Waals surface area contributed by atoms with Crippen LogP contribution in [0, 0.1) is 0 Å². The summed E-state index contributed by atoms with van der Waals surface area (Å²) < 4.78 is 23.9. The van der Waals surface area contributed by atoms with E-state index in [4.69, 9.17) is 18.8 Å². The number of rotatable bonds is 6. The van der Waals surface area contributed by atoms with E-state index < -0.39 is 7.12 Å². The molecule has 0 aliphatic carbocycles. The molecule has 128 valence electrons. The number of hydrogen-bond donors (Lipinski definition) is 0. The molecule has 23 heavy (non-hydrogen) atoms. The molecule has 1 saturated heterocycles. The zero-order valence-electron chi connectivity index (χ0n) is 15.4. The van der Waals surface area contributed by atoms with E-state index in [1.54, 1.807) is 0 Å². The van der Waals surface area contributed by atoms with Gasteiger partial charge < -0.3 is 18.8 Å². The lowest BCUT2D eigenvalue weighted by molar-refractivity contribution is 0.00578. The number of benzene rings is 1. The molecule has 1 aliphatic rings. The van der Waals surface area contributed by atoms with Crippen molar-refractivity contribution < 1.29 is 18.8 Å². The molecule has 0 amide bonds. The second kappa shape index (κ2) is 6.74. The second-order valence-electron chi connectivity index (χ2n) is 7.31. The Labute approximate surface area is 140 Å². The van der Waals surface area contributed by atoms with Crippen LogP contribution < -0.4 is 14.9 Å². The van der Waals surface area contributed by atoms with Crippen molar-refractivity contribution >= 4 is 12.6 Å². The van der Waals surface area contributed by atoms with Gasteiger partial charge in [0.1, 0.15) is 0 Å². The molecular formula is C18H29BO4. The Bertz CT molecular complexity index is 524. The first-order chi connectivity index (χ1) is 10.7. The monoisotopic (exact) mass is 320 g/mol. The third-order valence-electron chi connectivity index (χ3n) is 4.32. The van der Waals surface area contributed by atoms with Crippen molar-refractivity contribution in [1.82, 2.24) is 0 Å². The molecule has 1 aliphatic heterocycles. The molecule has 0 spiro atoms. The largest absolute Gasteiger partial charge is 0.494 e. The van der Waals surface area contributed by atoms with E-state index in [1.165, 1.54) is 0 Å². The molecule has 1 heterocycles. The molecule has 4 nitrogen and oxygen atoms in total. The van der Waals surface area contributed by atoms with Crippen LogP contribution in [0.2, 0.25) is 0 Å². The van der Waals surface area contributed by atoms with Gasteiger partial charge in [0.25, 0.3) is 0 Å². The van der Waals surface area contributed by atoms with Crippen LogP contribution in [0.5, 0.6) is 11.5 Å².